The molecule has 246 valence electrons. The Balaban J connectivity index is 0.000000240. The first-order chi connectivity index (χ1) is 21.4. The summed E-state index contributed by atoms with van der Waals surface area (Å²) < 4.78 is 20.8. The minimum atomic E-state index is 0. The van der Waals surface area contributed by atoms with Crippen molar-refractivity contribution < 1.29 is 53.7 Å². The number of rotatable bonds is 8. The van der Waals surface area contributed by atoms with Crippen molar-refractivity contribution in [2.75, 3.05) is 74.2 Å². The van der Waals surface area contributed by atoms with Gasteiger partial charge in [-0.1, -0.05) is 0 Å². The number of hydrogen-bond acceptors (Lipinski definition) is 6. The fourth-order valence-electron chi connectivity index (χ4n) is 5.08. The molecule has 2 aliphatic rings. The van der Waals surface area contributed by atoms with Gasteiger partial charge in [-0.2, -0.15) is 0 Å². The fourth-order valence-corrected chi connectivity index (χ4v) is 5.87. The number of thiocarbonyl (C=S) groups is 2. The zero-order chi connectivity index (χ0) is 31.1. The average molecular weight is 861 g/mol. The first kappa shape index (κ1) is 37.0. The molecule has 0 atom stereocenters. The van der Waals surface area contributed by atoms with E-state index in [2.05, 4.69) is 19.6 Å². The van der Waals surface area contributed by atoms with Crippen molar-refractivity contribution in [2.24, 2.45) is 0 Å². The second-order valence-electron chi connectivity index (χ2n) is 9.96. The number of hydrogen-bond donors (Lipinski definition) is 0. The van der Waals surface area contributed by atoms with Gasteiger partial charge < -0.3 is 51.0 Å². The second-order valence-corrected chi connectivity index (χ2v) is 10.7. The number of nitrogens with zero attached hydrogens (tertiary/aromatic N) is 4. The van der Waals surface area contributed by atoms with Crippen molar-refractivity contribution in [1.82, 2.24) is 0 Å². The molecule has 4 aromatic carbocycles. The minimum Gasteiger partial charge on any atom is -1.00 e. The third-order valence-electron chi connectivity index (χ3n) is 7.55. The van der Waals surface area contributed by atoms with Gasteiger partial charge in [0.05, 0.1) is 28.4 Å². The molecule has 0 N–H and O–H groups in total. The van der Waals surface area contributed by atoms with Crippen LogP contribution in [0, 0.1) is 0 Å². The van der Waals surface area contributed by atoms with Crippen LogP contribution in [0.25, 0.3) is 0 Å². The summed E-state index contributed by atoms with van der Waals surface area (Å²) in [6.07, 6.45) is 0. The number of halogens is 1. The van der Waals surface area contributed by atoms with Gasteiger partial charge in [0.1, 0.15) is 23.0 Å². The molecule has 8 nitrogen and oxygen atoms in total. The van der Waals surface area contributed by atoms with Gasteiger partial charge in [-0.25, -0.2) is 0 Å². The van der Waals surface area contributed by atoms with E-state index in [1.165, 1.54) is 0 Å². The molecule has 46 heavy (non-hydrogen) atoms. The summed E-state index contributed by atoms with van der Waals surface area (Å²) in [5.41, 5.74) is 4.34. The van der Waals surface area contributed by atoms with Crippen LogP contribution in [0.2, 0.25) is 0 Å². The van der Waals surface area contributed by atoms with E-state index < -0.39 is 0 Å². The Morgan fingerprint density at radius 1 is 0.391 bits per heavy atom. The van der Waals surface area contributed by atoms with Gasteiger partial charge in [-0.15, -0.1) is 0 Å². The van der Waals surface area contributed by atoms with Crippen LogP contribution in [-0.4, -0.2) is 64.8 Å². The number of anilines is 4. The van der Waals surface area contributed by atoms with Gasteiger partial charge in [0.25, 0.3) is 0 Å². The third kappa shape index (κ3) is 8.44. The maximum absolute atomic E-state index is 5.64. The summed E-state index contributed by atoms with van der Waals surface area (Å²) in [7, 11) is 6.67. The van der Waals surface area contributed by atoms with Crippen molar-refractivity contribution in [3.63, 3.8) is 0 Å². The van der Waals surface area contributed by atoms with Crippen LogP contribution in [0.3, 0.4) is 0 Å². The Bertz CT molecular complexity index is 1330. The summed E-state index contributed by atoms with van der Waals surface area (Å²) in [4.78, 5) is 8.55. The molecule has 2 saturated heterocycles. The molecular weight excluding hydrogens is 825 g/mol. The Kier molecular flexibility index (Phi) is 14.0. The monoisotopic (exact) mass is 860 g/mol. The molecule has 0 aliphatic carbocycles. The third-order valence-corrected chi connectivity index (χ3v) is 8.44. The van der Waals surface area contributed by atoms with Crippen LogP contribution >= 0.6 is 24.4 Å². The molecule has 0 unspecified atom stereocenters. The molecule has 12 heteroatoms. The molecule has 0 spiro atoms. The van der Waals surface area contributed by atoms with E-state index in [-0.39, 0.29) is 34.8 Å². The van der Waals surface area contributed by atoms with Crippen molar-refractivity contribution in [3.8, 4) is 23.0 Å². The van der Waals surface area contributed by atoms with E-state index in [0.29, 0.717) is 0 Å². The summed E-state index contributed by atoms with van der Waals surface area (Å²) in [6.45, 7) is 3.49. The standard InChI is InChI=1S/2C17H18N2O2S.Au.ClH/c2*1-20-15-7-3-13(4-8-15)18-11-12-19(17(18)22)14-5-9-16(21-2)10-6-14;;/h2*3-10H,11-12H2,1-2H3;;1H/q;;+1;/p-1. The van der Waals surface area contributed by atoms with Gasteiger partial charge >= 0.3 is 22.4 Å². The maximum Gasteiger partial charge on any atom is 1.00 e. The van der Waals surface area contributed by atoms with E-state index in [1.54, 1.807) is 28.4 Å². The smallest absolute Gasteiger partial charge is 1.00 e. The number of benzene rings is 4. The maximum atomic E-state index is 5.64. The van der Waals surface area contributed by atoms with Gasteiger partial charge in [0.2, 0.25) is 0 Å². The Morgan fingerprint density at radius 2 is 0.565 bits per heavy atom. The molecule has 2 heterocycles. The average Bonchev–Trinajstić information content (AvgIpc) is 3.67. The van der Waals surface area contributed by atoms with E-state index in [1.807, 2.05) is 97.1 Å². The van der Waals surface area contributed by atoms with Crippen LogP contribution in [0.4, 0.5) is 22.7 Å². The van der Waals surface area contributed by atoms with Gasteiger partial charge in [0, 0.05) is 48.9 Å². The van der Waals surface area contributed by atoms with Crippen molar-refractivity contribution in [3.05, 3.63) is 97.1 Å². The first-order valence-corrected chi connectivity index (χ1v) is 15.0. The Labute approximate surface area is 303 Å². The first-order valence-electron chi connectivity index (χ1n) is 14.2. The second kappa shape index (κ2) is 17.4. The normalized spacial score (nSPS) is 13.7. The van der Waals surface area contributed by atoms with Crippen LogP contribution in [-0.2, 0) is 22.4 Å². The zero-order valence-corrected chi connectivity index (χ0v) is 30.5. The van der Waals surface area contributed by atoms with E-state index in [0.717, 1.165) is 82.2 Å². The summed E-state index contributed by atoms with van der Waals surface area (Å²) in [5, 5.41) is 1.63. The Morgan fingerprint density at radius 3 is 0.717 bits per heavy atom. The molecule has 2 fully saturated rings. The van der Waals surface area contributed by atoms with Crippen LogP contribution in [0.15, 0.2) is 97.1 Å². The molecule has 0 aromatic heterocycles. The largest absolute Gasteiger partial charge is 1.00 e. The molecule has 2 aliphatic heterocycles. The molecule has 6 rings (SSSR count). The summed E-state index contributed by atoms with van der Waals surface area (Å²) in [5.74, 6) is 3.39. The summed E-state index contributed by atoms with van der Waals surface area (Å²) >= 11 is 11.3. The molecule has 0 amide bonds. The van der Waals surface area contributed by atoms with Gasteiger partial charge in [-0.05, 0) is 121 Å². The van der Waals surface area contributed by atoms with Crippen molar-refractivity contribution in [2.45, 2.75) is 0 Å². The predicted octanol–water partition coefficient (Wildman–Crippen LogP) is 3.63. The predicted molar refractivity (Wildman–Crippen MR) is 187 cm³/mol. The van der Waals surface area contributed by atoms with E-state index >= 15 is 0 Å². The number of methoxy groups -OCH3 is 4. The fraction of sp³-hybridized carbons (Fsp3) is 0.235. The van der Waals surface area contributed by atoms with E-state index in [9.17, 15) is 0 Å². The topological polar surface area (TPSA) is 49.9 Å². The van der Waals surface area contributed by atoms with Crippen LogP contribution in [0.1, 0.15) is 0 Å². The van der Waals surface area contributed by atoms with Crippen molar-refractivity contribution in [1.29, 1.82) is 0 Å². The molecule has 4 aromatic rings. The van der Waals surface area contributed by atoms with Crippen molar-refractivity contribution >= 4 is 57.4 Å². The van der Waals surface area contributed by atoms with Crippen LogP contribution in [0.5, 0.6) is 23.0 Å². The molecular formula is C34H36AuClN4O4S2. The molecule has 0 radical (unpaired) electrons. The quantitative estimate of drug-likeness (QED) is 0.194. The molecule has 0 bridgehead atoms. The Hall–Kier alpha value is -3.51. The van der Waals surface area contributed by atoms with E-state index in [4.69, 9.17) is 43.4 Å². The van der Waals surface area contributed by atoms with Gasteiger partial charge in [0.15, 0.2) is 10.2 Å². The number of ether oxygens (including phenoxy) is 4. The minimum absolute atomic E-state index is 0. The SMILES string of the molecule is COc1ccc(N2CCN(c3ccc(OC)cc3)C2=S)cc1.COc1ccc(N2CCN(c3ccc(OC)cc3)C2=S)cc1.[Au+].[Cl-]. The van der Waals surface area contributed by atoms with Crippen LogP contribution < -0.4 is 51.0 Å². The van der Waals surface area contributed by atoms with Gasteiger partial charge in [-0.3, -0.25) is 0 Å². The summed E-state index contributed by atoms with van der Waals surface area (Å²) in [6, 6.07) is 31.9. The molecule has 0 saturated carbocycles. The zero-order valence-electron chi connectivity index (χ0n) is 26.0.